The van der Waals surface area contributed by atoms with E-state index in [4.69, 9.17) is 20.3 Å². The molecule has 7 N–H and O–H groups in total. The molecule has 2 aromatic heterocycles. The molecule has 1 aliphatic heterocycles. The van der Waals surface area contributed by atoms with Gasteiger partial charge in [-0.05, 0) is 6.07 Å². The third-order valence-electron chi connectivity index (χ3n) is 3.78. The van der Waals surface area contributed by atoms with Gasteiger partial charge in [0.2, 0.25) is 5.65 Å². The standard InChI is InChI=1S/C11H17N5O9P2/c12-5-1-2-13-16-10(5)14-15-11(16)9-8(18)7(17)6(25-9)3-24-27(22,23)4-26(19,20)21/h1-2,6-9,17-18H,3-4,12H2,(H,22,23)(H2,19,20,21)/t6-,7-,8-,9?/m1/s1. The van der Waals surface area contributed by atoms with Crippen molar-refractivity contribution in [1.82, 2.24) is 19.8 Å². The van der Waals surface area contributed by atoms with Gasteiger partial charge in [0.15, 0.2) is 11.7 Å². The second kappa shape index (κ2) is 7.17. The van der Waals surface area contributed by atoms with Gasteiger partial charge in [0.05, 0.1) is 18.5 Å². The van der Waals surface area contributed by atoms with Crippen molar-refractivity contribution in [2.75, 3.05) is 18.2 Å². The summed E-state index contributed by atoms with van der Waals surface area (Å²) in [4.78, 5) is 27.0. The maximum Gasteiger partial charge on any atom is 0.340 e. The molecule has 0 saturated carbocycles. The van der Waals surface area contributed by atoms with Gasteiger partial charge in [0.25, 0.3) is 0 Å². The Kier molecular flexibility index (Phi) is 5.38. The molecule has 5 atom stereocenters. The molecule has 0 amide bonds. The van der Waals surface area contributed by atoms with E-state index < -0.39 is 52.1 Å². The van der Waals surface area contributed by atoms with E-state index in [0.29, 0.717) is 0 Å². The van der Waals surface area contributed by atoms with E-state index in [1.807, 2.05) is 0 Å². The molecule has 0 spiro atoms. The van der Waals surface area contributed by atoms with Gasteiger partial charge in [-0.15, -0.1) is 10.2 Å². The van der Waals surface area contributed by atoms with Crippen LogP contribution < -0.4 is 5.73 Å². The van der Waals surface area contributed by atoms with Gasteiger partial charge in [0.1, 0.15) is 24.4 Å². The Labute approximate surface area is 151 Å². The predicted molar refractivity (Wildman–Crippen MR) is 87.5 cm³/mol. The summed E-state index contributed by atoms with van der Waals surface area (Å²) < 4.78 is 33.8. The Hall–Kier alpha value is -1.47. The minimum Gasteiger partial charge on any atom is -0.396 e. The fourth-order valence-corrected chi connectivity index (χ4v) is 5.15. The summed E-state index contributed by atoms with van der Waals surface area (Å²) in [7, 11) is -9.43. The Morgan fingerprint density at radius 3 is 2.59 bits per heavy atom. The maximum absolute atomic E-state index is 11.7. The van der Waals surface area contributed by atoms with Gasteiger partial charge in [-0.2, -0.15) is 9.61 Å². The van der Waals surface area contributed by atoms with Crippen LogP contribution in [0.1, 0.15) is 11.9 Å². The average Bonchev–Trinajstić information content (AvgIpc) is 3.07. The highest BCUT2D eigenvalue weighted by Gasteiger charge is 2.47. The van der Waals surface area contributed by atoms with E-state index in [1.165, 1.54) is 16.8 Å². The van der Waals surface area contributed by atoms with E-state index in [0.717, 1.165) is 0 Å². The summed E-state index contributed by atoms with van der Waals surface area (Å²) in [5.74, 6) is -1.35. The number of aliphatic hydroxyl groups excluding tert-OH is 2. The summed E-state index contributed by atoms with van der Waals surface area (Å²) in [6.45, 7) is -0.700. The van der Waals surface area contributed by atoms with Gasteiger partial charge in [0, 0.05) is 0 Å². The number of nitrogens with zero attached hydrogens (tertiary/aromatic N) is 4. The number of rotatable bonds is 6. The van der Waals surface area contributed by atoms with Gasteiger partial charge in [-0.1, -0.05) is 0 Å². The molecule has 1 fully saturated rings. The van der Waals surface area contributed by atoms with Crippen LogP contribution >= 0.6 is 15.2 Å². The fourth-order valence-electron chi connectivity index (χ4n) is 2.58. The van der Waals surface area contributed by atoms with Crippen LogP contribution in [-0.2, 0) is 18.4 Å². The molecule has 1 saturated heterocycles. The molecule has 0 aliphatic carbocycles. The number of nitrogens with two attached hydrogens (primary N) is 1. The molecular weight excluding hydrogens is 408 g/mol. The quantitative estimate of drug-likeness (QED) is 0.282. The second-order valence-corrected chi connectivity index (χ2v) is 9.89. The predicted octanol–water partition coefficient (Wildman–Crippen LogP) is -1.79. The van der Waals surface area contributed by atoms with E-state index in [9.17, 15) is 24.2 Å². The zero-order valence-electron chi connectivity index (χ0n) is 13.5. The molecule has 16 heteroatoms. The maximum atomic E-state index is 11.7. The smallest absolute Gasteiger partial charge is 0.340 e. The monoisotopic (exact) mass is 425 g/mol. The third-order valence-corrected chi connectivity index (χ3v) is 7.24. The molecule has 0 aromatic carbocycles. The van der Waals surface area contributed by atoms with Crippen molar-refractivity contribution in [1.29, 1.82) is 0 Å². The number of nitrogen functional groups attached to an aromatic ring is 1. The minimum absolute atomic E-state index is 0.0359. The summed E-state index contributed by atoms with van der Waals surface area (Å²) >= 11 is 0. The van der Waals surface area contributed by atoms with Crippen molar-refractivity contribution in [3.63, 3.8) is 0 Å². The first-order valence-corrected chi connectivity index (χ1v) is 11.0. The fraction of sp³-hybridized carbons (Fsp3) is 0.545. The first kappa shape index (κ1) is 20.3. The lowest BCUT2D eigenvalue weighted by Crippen LogP contribution is -2.33. The van der Waals surface area contributed by atoms with Crippen molar-refractivity contribution in [3.8, 4) is 0 Å². The highest BCUT2D eigenvalue weighted by atomic mass is 31.2. The Morgan fingerprint density at radius 2 is 1.93 bits per heavy atom. The number of hydrogen-bond acceptors (Lipinski definition) is 10. The van der Waals surface area contributed by atoms with E-state index in [1.54, 1.807) is 0 Å². The van der Waals surface area contributed by atoms with E-state index >= 15 is 0 Å². The SMILES string of the molecule is Nc1ccnn2c(C3O[C@H](COP(=O)(O)CP(=O)(O)O)[C@@H](O)[C@H]3O)nnc12. The van der Waals surface area contributed by atoms with Crippen LogP contribution in [0.2, 0.25) is 0 Å². The lowest BCUT2D eigenvalue weighted by Gasteiger charge is -2.18. The van der Waals surface area contributed by atoms with Crippen molar-refractivity contribution < 1.29 is 43.3 Å². The number of aromatic nitrogens is 4. The van der Waals surface area contributed by atoms with Gasteiger partial charge in [-0.25, -0.2) is 0 Å². The number of anilines is 1. The molecule has 3 rings (SSSR count). The zero-order valence-corrected chi connectivity index (χ0v) is 15.3. The summed E-state index contributed by atoms with van der Waals surface area (Å²) in [6.07, 6.45) is -4.11. The Balaban J connectivity index is 1.75. The number of hydrogen-bond donors (Lipinski definition) is 6. The van der Waals surface area contributed by atoms with Crippen LogP contribution in [0.15, 0.2) is 12.3 Å². The molecule has 14 nitrogen and oxygen atoms in total. The topological polar surface area (TPSA) is 223 Å². The van der Waals surface area contributed by atoms with Crippen LogP contribution in [0.3, 0.4) is 0 Å². The summed E-state index contributed by atoms with van der Waals surface area (Å²) in [6, 6.07) is 1.49. The number of fused-ring (bicyclic) bond motifs is 1. The third kappa shape index (κ3) is 4.35. The Bertz CT molecular complexity index is 932. The van der Waals surface area contributed by atoms with E-state index in [2.05, 4.69) is 19.8 Å². The van der Waals surface area contributed by atoms with Crippen molar-refractivity contribution in [2.24, 2.45) is 0 Å². The Morgan fingerprint density at radius 1 is 1.22 bits per heavy atom. The summed E-state index contributed by atoms with van der Waals surface area (Å²) in [5.41, 5.74) is 6.23. The highest BCUT2D eigenvalue weighted by molar-refractivity contribution is 7.70. The lowest BCUT2D eigenvalue weighted by molar-refractivity contribution is -0.0219. The molecule has 0 bridgehead atoms. The van der Waals surface area contributed by atoms with Crippen LogP contribution in [-0.4, -0.2) is 75.5 Å². The van der Waals surface area contributed by atoms with Crippen LogP contribution in [0.5, 0.6) is 0 Å². The van der Waals surface area contributed by atoms with Gasteiger partial charge in [-0.3, -0.25) is 9.13 Å². The molecule has 2 unspecified atom stereocenters. The molecule has 3 heterocycles. The minimum atomic E-state index is -4.79. The van der Waals surface area contributed by atoms with Crippen molar-refractivity contribution in [2.45, 2.75) is 24.4 Å². The molecule has 150 valence electrons. The lowest BCUT2D eigenvalue weighted by atomic mass is 10.1. The highest BCUT2D eigenvalue weighted by Crippen LogP contribution is 2.55. The second-order valence-electron chi connectivity index (χ2n) is 5.90. The van der Waals surface area contributed by atoms with Crippen molar-refractivity contribution >= 4 is 26.5 Å². The van der Waals surface area contributed by atoms with Gasteiger partial charge >= 0.3 is 15.2 Å². The van der Waals surface area contributed by atoms with Crippen LogP contribution in [0, 0.1) is 0 Å². The molecule has 27 heavy (non-hydrogen) atoms. The molecule has 0 radical (unpaired) electrons. The van der Waals surface area contributed by atoms with Crippen LogP contribution in [0.25, 0.3) is 5.65 Å². The van der Waals surface area contributed by atoms with Crippen molar-refractivity contribution in [3.05, 3.63) is 18.1 Å². The normalized spacial score (nSPS) is 28.5. The first-order valence-electron chi connectivity index (χ1n) is 7.47. The number of aliphatic hydroxyl groups is 2. The zero-order chi connectivity index (χ0) is 20.0. The van der Waals surface area contributed by atoms with E-state index in [-0.39, 0.29) is 17.2 Å². The number of ether oxygens (including phenoxy) is 1. The molecular formula is C11H17N5O9P2. The first-order chi connectivity index (χ1) is 12.5. The molecule has 2 aromatic rings. The average molecular weight is 425 g/mol. The van der Waals surface area contributed by atoms with Crippen LogP contribution in [0.4, 0.5) is 5.69 Å². The molecule has 1 aliphatic rings. The van der Waals surface area contributed by atoms with Gasteiger partial charge < -0.3 is 39.9 Å². The summed E-state index contributed by atoms with van der Waals surface area (Å²) in [5, 5.41) is 32.0. The largest absolute Gasteiger partial charge is 0.396 e.